The molecule has 4 rings (SSSR count). The number of nitrogens with zero attached hydrogens (tertiary/aromatic N) is 3. The summed E-state index contributed by atoms with van der Waals surface area (Å²) in [5.74, 6) is -0.229. The van der Waals surface area contributed by atoms with Gasteiger partial charge >= 0.3 is 11.9 Å². The van der Waals surface area contributed by atoms with E-state index in [0.717, 1.165) is 16.7 Å². The smallest absolute Gasteiger partial charge is 0.294 e. The Bertz CT molecular complexity index is 1240. The average molecular weight is 395 g/mol. The second kappa shape index (κ2) is 6.71. The molecule has 0 bridgehead atoms. The lowest BCUT2D eigenvalue weighted by atomic mass is 10.0. The van der Waals surface area contributed by atoms with Crippen molar-refractivity contribution in [3.8, 4) is 23.0 Å². The van der Waals surface area contributed by atoms with Crippen LogP contribution in [0.5, 0.6) is 0 Å². The van der Waals surface area contributed by atoms with Gasteiger partial charge in [0.25, 0.3) is 0 Å². The summed E-state index contributed by atoms with van der Waals surface area (Å²) < 4.78 is 40.3. The van der Waals surface area contributed by atoms with Crippen molar-refractivity contribution in [2.75, 3.05) is 0 Å². The molecule has 0 N–H and O–H groups in total. The van der Waals surface area contributed by atoms with E-state index in [1.54, 1.807) is 24.3 Å². The van der Waals surface area contributed by atoms with Crippen LogP contribution in [0.2, 0.25) is 0 Å². The van der Waals surface area contributed by atoms with Crippen molar-refractivity contribution >= 4 is 5.78 Å². The molecule has 1 aliphatic rings. The van der Waals surface area contributed by atoms with Crippen LogP contribution in [-0.2, 0) is 12.6 Å². The average Bonchev–Trinajstić information content (AvgIpc) is 3.08. The summed E-state index contributed by atoms with van der Waals surface area (Å²) >= 11 is 0. The largest absolute Gasteiger partial charge is 0.416 e. The topological polar surface area (TPSA) is 75.8 Å². The number of aromatic nitrogens is 2. The third-order valence-corrected chi connectivity index (χ3v) is 4.78. The molecule has 2 aromatic carbocycles. The first-order chi connectivity index (χ1) is 13.8. The first-order valence-electron chi connectivity index (χ1n) is 8.67. The van der Waals surface area contributed by atoms with Crippen molar-refractivity contribution in [3.05, 3.63) is 81.4 Å². The third kappa shape index (κ3) is 3.21. The summed E-state index contributed by atoms with van der Waals surface area (Å²) in [7, 11) is 0. The van der Waals surface area contributed by atoms with Crippen molar-refractivity contribution in [2.45, 2.75) is 19.0 Å². The highest BCUT2D eigenvalue weighted by Gasteiger charge is 2.32. The van der Waals surface area contributed by atoms with Crippen LogP contribution >= 0.6 is 0 Å². The minimum absolute atomic E-state index is 0.00894. The number of alkyl halides is 3. The Morgan fingerprint density at radius 1 is 1.03 bits per heavy atom. The summed E-state index contributed by atoms with van der Waals surface area (Å²) in [5.41, 5.74) is 0.00127. The fourth-order valence-electron chi connectivity index (χ4n) is 3.45. The lowest BCUT2D eigenvalue weighted by Gasteiger charge is -2.15. The summed E-state index contributed by atoms with van der Waals surface area (Å²) in [6.45, 7) is 0. The monoisotopic (exact) mass is 395 g/mol. The summed E-state index contributed by atoms with van der Waals surface area (Å²) in [6, 6.07) is 12.6. The molecule has 1 aliphatic carbocycles. The Kier molecular flexibility index (Phi) is 4.31. The zero-order chi connectivity index (χ0) is 20.8. The van der Waals surface area contributed by atoms with Crippen LogP contribution in [0.25, 0.3) is 16.9 Å². The van der Waals surface area contributed by atoms with Gasteiger partial charge < -0.3 is 0 Å². The predicted molar refractivity (Wildman–Crippen MR) is 97.6 cm³/mol. The normalized spacial score (nSPS) is 13.2. The van der Waals surface area contributed by atoms with Gasteiger partial charge in [0.1, 0.15) is 0 Å². The van der Waals surface area contributed by atoms with E-state index in [4.69, 9.17) is 5.26 Å². The molecular formula is C21H12F3N3O2. The Labute approximate surface area is 162 Å². The molecule has 8 heteroatoms. The van der Waals surface area contributed by atoms with Crippen LogP contribution in [-0.4, -0.2) is 15.3 Å². The molecule has 0 saturated carbocycles. The number of Topliss-reactive ketones (excluding diaryl/α,β-unsaturated/α-hetero) is 1. The summed E-state index contributed by atoms with van der Waals surface area (Å²) in [4.78, 5) is 29.3. The molecule has 0 amide bonds. The zero-order valence-electron chi connectivity index (χ0n) is 14.8. The van der Waals surface area contributed by atoms with E-state index >= 15 is 0 Å². The van der Waals surface area contributed by atoms with E-state index in [1.807, 2.05) is 6.07 Å². The summed E-state index contributed by atoms with van der Waals surface area (Å²) in [5, 5.41) is 8.93. The van der Waals surface area contributed by atoms with Gasteiger partial charge in [-0.05, 0) is 36.8 Å². The van der Waals surface area contributed by atoms with Gasteiger partial charge in [-0.15, -0.1) is 0 Å². The van der Waals surface area contributed by atoms with Crippen molar-refractivity contribution in [2.24, 2.45) is 0 Å². The fraction of sp³-hybridized carbons (Fsp3) is 0.143. The molecule has 0 saturated heterocycles. The van der Waals surface area contributed by atoms with Crippen molar-refractivity contribution < 1.29 is 18.0 Å². The fourth-order valence-corrected chi connectivity index (χ4v) is 3.45. The van der Waals surface area contributed by atoms with Crippen molar-refractivity contribution in [1.29, 1.82) is 5.26 Å². The van der Waals surface area contributed by atoms with Crippen LogP contribution in [0.1, 0.15) is 33.6 Å². The molecular weight excluding hydrogens is 383 g/mol. The highest BCUT2D eigenvalue weighted by atomic mass is 19.4. The minimum atomic E-state index is -4.56. The number of carbonyl (C=O) groups excluding carboxylic acids is 1. The van der Waals surface area contributed by atoms with Gasteiger partial charge in [0.2, 0.25) is 0 Å². The number of nitriles is 1. The van der Waals surface area contributed by atoms with Gasteiger partial charge in [-0.25, -0.2) is 4.79 Å². The minimum Gasteiger partial charge on any atom is -0.294 e. The Morgan fingerprint density at radius 2 is 1.76 bits per heavy atom. The molecule has 29 heavy (non-hydrogen) atoms. The molecule has 0 aliphatic heterocycles. The first-order valence-corrected chi connectivity index (χ1v) is 8.67. The van der Waals surface area contributed by atoms with Crippen LogP contribution in [0, 0.1) is 11.3 Å². The molecule has 0 radical (unpaired) electrons. The van der Waals surface area contributed by atoms with Crippen LogP contribution in [0.4, 0.5) is 13.2 Å². The van der Waals surface area contributed by atoms with E-state index in [-0.39, 0.29) is 35.6 Å². The van der Waals surface area contributed by atoms with Gasteiger partial charge in [0.15, 0.2) is 5.78 Å². The molecule has 1 aromatic heterocycles. The lowest BCUT2D eigenvalue weighted by Crippen LogP contribution is -2.26. The van der Waals surface area contributed by atoms with Gasteiger partial charge in [-0.2, -0.15) is 23.4 Å². The third-order valence-electron chi connectivity index (χ3n) is 4.78. The molecule has 144 valence electrons. The van der Waals surface area contributed by atoms with E-state index < -0.39 is 17.4 Å². The maximum Gasteiger partial charge on any atom is 0.416 e. The standard InChI is InChI=1S/C21H12F3N3O2/c22-21(23,24)14-2-1-3-15(10-14)27-16-8-9-17(28)18(16)19(26-20(27)29)13-6-4-12(11-25)5-7-13/h1-7,10H,8-9H2. The van der Waals surface area contributed by atoms with E-state index in [1.165, 1.54) is 12.1 Å². The van der Waals surface area contributed by atoms with Gasteiger partial charge in [-0.3, -0.25) is 9.36 Å². The van der Waals surface area contributed by atoms with Crippen LogP contribution in [0.3, 0.4) is 0 Å². The second-order valence-corrected chi connectivity index (χ2v) is 6.56. The van der Waals surface area contributed by atoms with Gasteiger partial charge in [0, 0.05) is 17.7 Å². The number of rotatable bonds is 2. The quantitative estimate of drug-likeness (QED) is 0.659. The maximum atomic E-state index is 13.1. The van der Waals surface area contributed by atoms with Crippen molar-refractivity contribution in [3.63, 3.8) is 0 Å². The molecule has 0 atom stereocenters. The molecule has 0 fully saturated rings. The number of hydrogen-bond donors (Lipinski definition) is 0. The van der Waals surface area contributed by atoms with E-state index in [9.17, 15) is 22.8 Å². The Morgan fingerprint density at radius 3 is 2.41 bits per heavy atom. The van der Waals surface area contributed by atoms with E-state index in [0.29, 0.717) is 16.8 Å². The SMILES string of the molecule is N#Cc1ccc(-c2nc(=O)n(-c3cccc(C(F)(F)F)c3)c3c2C(=O)CC3)cc1. The molecule has 3 aromatic rings. The number of halogens is 3. The van der Waals surface area contributed by atoms with E-state index in [2.05, 4.69) is 4.98 Å². The molecule has 0 unspecified atom stereocenters. The maximum absolute atomic E-state index is 13.1. The molecule has 1 heterocycles. The summed E-state index contributed by atoms with van der Waals surface area (Å²) in [6.07, 6.45) is -4.19. The highest BCUT2D eigenvalue weighted by Crippen LogP contribution is 2.33. The number of benzene rings is 2. The lowest BCUT2D eigenvalue weighted by molar-refractivity contribution is -0.137. The predicted octanol–water partition coefficient (Wildman–Crippen LogP) is 3.92. The molecule has 5 nitrogen and oxygen atoms in total. The highest BCUT2D eigenvalue weighted by molar-refractivity contribution is 6.05. The van der Waals surface area contributed by atoms with Crippen LogP contribution < -0.4 is 5.69 Å². The zero-order valence-corrected chi connectivity index (χ0v) is 14.8. The number of ketones is 1. The Hall–Kier alpha value is -3.73. The van der Waals surface area contributed by atoms with Crippen molar-refractivity contribution in [1.82, 2.24) is 9.55 Å². The van der Waals surface area contributed by atoms with Gasteiger partial charge in [0.05, 0.1) is 34.1 Å². The number of hydrogen-bond acceptors (Lipinski definition) is 4. The number of carbonyl (C=O) groups is 1. The van der Waals surface area contributed by atoms with Gasteiger partial charge in [-0.1, -0.05) is 18.2 Å². The Balaban J connectivity index is 1.94. The second-order valence-electron chi connectivity index (χ2n) is 6.56. The first kappa shape index (κ1) is 18.6. The molecule has 0 spiro atoms. The van der Waals surface area contributed by atoms with Crippen LogP contribution in [0.15, 0.2) is 53.3 Å². The number of fused-ring (bicyclic) bond motifs is 1.